The molecule has 0 aliphatic heterocycles. The summed E-state index contributed by atoms with van der Waals surface area (Å²) in [6.07, 6.45) is -2.74. The zero-order valence-corrected chi connectivity index (χ0v) is 7.22. The van der Waals surface area contributed by atoms with Gasteiger partial charge in [-0.1, -0.05) is 0 Å². The third kappa shape index (κ3) is 2.13. The Bertz CT molecular complexity index is 346. The van der Waals surface area contributed by atoms with Crippen molar-refractivity contribution in [2.45, 2.75) is 12.3 Å². The minimum absolute atomic E-state index is 0.0609. The van der Waals surface area contributed by atoms with Gasteiger partial charge in [0.15, 0.2) is 0 Å². The van der Waals surface area contributed by atoms with Gasteiger partial charge in [-0.15, -0.1) is 11.6 Å². The van der Waals surface area contributed by atoms with E-state index in [9.17, 15) is 8.78 Å². The van der Waals surface area contributed by atoms with Crippen molar-refractivity contribution in [1.29, 1.82) is 5.26 Å². The Morgan fingerprint density at radius 3 is 2.69 bits per heavy atom. The van der Waals surface area contributed by atoms with Gasteiger partial charge in [0.05, 0.1) is 17.1 Å². The Morgan fingerprint density at radius 2 is 2.23 bits per heavy atom. The molecule has 1 aromatic heterocycles. The Hall–Kier alpha value is -1.21. The second-order valence-corrected chi connectivity index (χ2v) is 2.55. The van der Waals surface area contributed by atoms with Gasteiger partial charge >= 0.3 is 0 Å². The molecule has 68 valence electrons. The molecule has 0 saturated heterocycles. The average Bonchev–Trinajstić information content (AvgIpc) is 2.16. The summed E-state index contributed by atoms with van der Waals surface area (Å²) in [5.41, 5.74) is -0.263. The highest BCUT2D eigenvalue weighted by atomic mass is 35.5. The van der Waals surface area contributed by atoms with Crippen LogP contribution in [-0.2, 0) is 5.88 Å². The summed E-state index contributed by atoms with van der Waals surface area (Å²) in [5, 5.41) is 8.47. The molecule has 0 fully saturated rings. The summed E-state index contributed by atoms with van der Waals surface area (Å²) in [7, 11) is 0. The second-order valence-electron chi connectivity index (χ2n) is 2.28. The Balaban J connectivity index is 3.20. The maximum Gasteiger partial charge on any atom is 0.281 e. The van der Waals surface area contributed by atoms with Gasteiger partial charge in [0.1, 0.15) is 11.8 Å². The first kappa shape index (κ1) is 9.87. The van der Waals surface area contributed by atoms with Crippen molar-refractivity contribution < 1.29 is 8.78 Å². The number of rotatable bonds is 2. The first-order chi connectivity index (χ1) is 6.19. The number of nitrogens with zero attached hydrogens (tertiary/aromatic N) is 2. The van der Waals surface area contributed by atoms with Crippen LogP contribution in [0.4, 0.5) is 8.78 Å². The molecular formula is C8H5ClF2N2. The van der Waals surface area contributed by atoms with E-state index in [4.69, 9.17) is 16.9 Å². The summed E-state index contributed by atoms with van der Waals surface area (Å²) in [6.45, 7) is 0. The topological polar surface area (TPSA) is 36.7 Å². The first-order valence-electron chi connectivity index (χ1n) is 3.43. The van der Waals surface area contributed by atoms with Gasteiger partial charge in [0.2, 0.25) is 0 Å². The number of halogens is 3. The van der Waals surface area contributed by atoms with Gasteiger partial charge in [0.25, 0.3) is 6.43 Å². The number of hydrogen-bond acceptors (Lipinski definition) is 2. The SMILES string of the molecule is N#Cc1ccc(CCl)nc1C(F)F. The quantitative estimate of drug-likeness (QED) is 0.692. The number of hydrogen-bond donors (Lipinski definition) is 0. The standard InChI is InChI=1S/C8H5ClF2N2/c9-3-6-2-1-5(4-12)7(13-6)8(10)11/h1-2,8H,3H2. The number of alkyl halides is 3. The van der Waals surface area contributed by atoms with Crippen molar-refractivity contribution in [2.24, 2.45) is 0 Å². The number of nitriles is 1. The van der Waals surface area contributed by atoms with Crippen molar-refractivity contribution in [2.75, 3.05) is 0 Å². The predicted molar refractivity (Wildman–Crippen MR) is 43.5 cm³/mol. The van der Waals surface area contributed by atoms with Crippen molar-refractivity contribution in [3.8, 4) is 6.07 Å². The average molecular weight is 203 g/mol. The molecule has 1 aromatic rings. The van der Waals surface area contributed by atoms with Gasteiger partial charge in [-0.3, -0.25) is 0 Å². The molecule has 1 rings (SSSR count). The Kier molecular flexibility index (Phi) is 3.15. The Labute approximate surface area is 78.8 Å². The normalized spacial score (nSPS) is 10.1. The molecule has 0 spiro atoms. The zero-order valence-electron chi connectivity index (χ0n) is 6.47. The van der Waals surface area contributed by atoms with Crippen LogP contribution < -0.4 is 0 Å². The van der Waals surface area contributed by atoms with Gasteiger partial charge < -0.3 is 0 Å². The maximum absolute atomic E-state index is 12.3. The van der Waals surface area contributed by atoms with E-state index < -0.39 is 12.1 Å². The maximum atomic E-state index is 12.3. The molecule has 0 N–H and O–H groups in total. The molecule has 5 heteroatoms. The molecule has 0 aliphatic rings. The zero-order chi connectivity index (χ0) is 9.84. The van der Waals surface area contributed by atoms with Gasteiger partial charge in [-0.2, -0.15) is 5.26 Å². The van der Waals surface area contributed by atoms with E-state index in [1.165, 1.54) is 12.1 Å². The van der Waals surface area contributed by atoms with E-state index in [-0.39, 0.29) is 11.4 Å². The molecule has 13 heavy (non-hydrogen) atoms. The van der Waals surface area contributed by atoms with Crippen LogP contribution in [0.15, 0.2) is 12.1 Å². The Morgan fingerprint density at radius 1 is 1.54 bits per heavy atom. The number of aromatic nitrogens is 1. The van der Waals surface area contributed by atoms with Crippen LogP contribution >= 0.6 is 11.6 Å². The second kappa shape index (κ2) is 4.15. The van der Waals surface area contributed by atoms with E-state index >= 15 is 0 Å². The third-order valence-corrected chi connectivity index (χ3v) is 1.72. The number of pyridine rings is 1. The fourth-order valence-electron chi connectivity index (χ4n) is 0.852. The lowest BCUT2D eigenvalue weighted by atomic mass is 10.2. The van der Waals surface area contributed by atoms with Crippen molar-refractivity contribution in [3.05, 3.63) is 29.1 Å². The molecule has 0 radical (unpaired) electrons. The highest BCUT2D eigenvalue weighted by molar-refractivity contribution is 6.16. The van der Waals surface area contributed by atoms with Crippen LogP contribution in [-0.4, -0.2) is 4.98 Å². The van der Waals surface area contributed by atoms with Crippen LogP contribution in [0.2, 0.25) is 0 Å². The summed E-state index contributed by atoms with van der Waals surface area (Å²) < 4.78 is 24.5. The highest BCUT2D eigenvalue weighted by Gasteiger charge is 2.14. The van der Waals surface area contributed by atoms with E-state index in [1.807, 2.05) is 0 Å². The predicted octanol–water partition coefficient (Wildman–Crippen LogP) is 2.63. The van der Waals surface area contributed by atoms with E-state index in [2.05, 4.69) is 4.98 Å². The molecule has 0 bridgehead atoms. The molecule has 0 unspecified atom stereocenters. The lowest BCUT2D eigenvalue weighted by molar-refractivity contribution is 0.145. The molecule has 1 heterocycles. The molecule has 0 amide bonds. The fraction of sp³-hybridized carbons (Fsp3) is 0.250. The van der Waals surface area contributed by atoms with Crippen molar-refractivity contribution in [3.63, 3.8) is 0 Å². The van der Waals surface area contributed by atoms with Crippen molar-refractivity contribution >= 4 is 11.6 Å². The minimum Gasteiger partial charge on any atom is -0.249 e. The van der Waals surface area contributed by atoms with E-state index in [1.54, 1.807) is 6.07 Å². The monoisotopic (exact) mass is 202 g/mol. The first-order valence-corrected chi connectivity index (χ1v) is 3.96. The van der Waals surface area contributed by atoms with Gasteiger partial charge in [-0.25, -0.2) is 13.8 Å². The molecule has 0 aliphatic carbocycles. The summed E-state index contributed by atoms with van der Waals surface area (Å²) in [4.78, 5) is 3.56. The van der Waals surface area contributed by atoms with E-state index in [0.29, 0.717) is 5.69 Å². The summed E-state index contributed by atoms with van der Waals surface area (Å²) >= 11 is 5.41. The van der Waals surface area contributed by atoms with E-state index in [0.717, 1.165) is 0 Å². The van der Waals surface area contributed by atoms with Crippen LogP contribution in [0.5, 0.6) is 0 Å². The summed E-state index contributed by atoms with van der Waals surface area (Å²) in [6, 6.07) is 4.40. The summed E-state index contributed by atoms with van der Waals surface area (Å²) in [5.74, 6) is 0.0609. The van der Waals surface area contributed by atoms with Gasteiger partial charge in [-0.05, 0) is 12.1 Å². The fourth-order valence-corrected chi connectivity index (χ4v) is 1.00. The van der Waals surface area contributed by atoms with Crippen LogP contribution in [0.25, 0.3) is 0 Å². The largest absolute Gasteiger partial charge is 0.281 e. The highest BCUT2D eigenvalue weighted by Crippen LogP contribution is 2.20. The lowest BCUT2D eigenvalue weighted by Crippen LogP contribution is -1.98. The molecule has 0 aromatic carbocycles. The van der Waals surface area contributed by atoms with Gasteiger partial charge in [0, 0.05) is 0 Å². The van der Waals surface area contributed by atoms with Crippen LogP contribution in [0, 0.1) is 11.3 Å². The smallest absolute Gasteiger partial charge is 0.249 e. The molecular weight excluding hydrogens is 198 g/mol. The van der Waals surface area contributed by atoms with Crippen LogP contribution in [0.1, 0.15) is 23.4 Å². The lowest BCUT2D eigenvalue weighted by Gasteiger charge is -2.02. The molecule has 2 nitrogen and oxygen atoms in total. The minimum atomic E-state index is -2.74. The molecule has 0 saturated carbocycles. The molecule has 0 atom stereocenters. The third-order valence-electron chi connectivity index (χ3n) is 1.45. The van der Waals surface area contributed by atoms with Crippen LogP contribution in [0.3, 0.4) is 0 Å². The van der Waals surface area contributed by atoms with Crippen molar-refractivity contribution in [1.82, 2.24) is 4.98 Å².